The van der Waals surface area contributed by atoms with Crippen LogP contribution in [0.1, 0.15) is 69.1 Å². The van der Waals surface area contributed by atoms with Crippen LogP contribution in [0, 0.1) is 0 Å². The van der Waals surface area contributed by atoms with Crippen LogP contribution in [-0.2, 0) is 12.6 Å². The fourth-order valence-electron chi connectivity index (χ4n) is 4.49. The summed E-state index contributed by atoms with van der Waals surface area (Å²) in [6, 6.07) is 11.2. The minimum Gasteiger partial charge on any atom is -0.437 e. The van der Waals surface area contributed by atoms with E-state index in [1.165, 1.54) is 17.0 Å². The molecule has 1 amide bonds. The first-order valence-electron chi connectivity index (χ1n) is 11.8. The number of halogens is 3. The lowest BCUT2D eigenvalue weighted by Crippen LogP contribution is -2.31. The van der Waals surface area contributed by atoms with Crippen LogP contribution in [0.4, 0.5) is 13.2 Å². The molecule has 6 nitrogen and oxygen atoms in total. The number of nitrogens with zero attached hydrogens (tertiary/aromatic N) is 3. The molecule has 0 aliphatic heterocycles. The van der Waals surface area contributed by atoms with Gasteiger partial charge in [0.15, 0.2) is 0 Å². The van der Waals surface area contributed by atoms with Gasteiger partial charge in [0, 0.05) is 16.2 Å². The molecule has 184 valence electrons. The van der Waals surface area contributed by atoms with Crippen molar-refractivity contribution in [2.75, 3.05) is 0 Å². The van der Waals surface area contributed by atoms with E-state index in [2.05, 4.69) is 15.5 Å². The van der Waals surface area contributed by atoms with Gasteiger partial charge in [0.05, 0.1) is 27.8 Å². The quantitative estimate of drug-likeness (QED) is 0.328. The molecule has 1 unspecified atom stereocenters. The summed E-state index contributed by atoms with van der Waals surface area (Å²) in [6.45, 7) is 0. The van der Waals surface area contributed by atoms with Crippen molar-refractivity contribution >= 4 is 28.1 Å². The third-order valence-corrected chi connectivity index (χ3v) is 7.73. The molecule has 1 N–H and O–H groups in total. The highest BCUT2D eigenvalue weighted by Crippen LogP contribution is 2.45. The number of aryl methyl sites for hydroxylation is 1. The van der Waals surface area contributed by atoms with E-state index in [1.807, 2.05) is 0 Å². The zero-order chi connectivity index (χ0) is 24.9. The second-order valence-electron chi connectivity index (χ2n) is 9.08. The molecule has 0 radical (unpaired) electrons. The lowest BCUT2D eigenvalue weighted by Gasteiger charge is -2.23. The van der Waals surface area contributed by atoms with Crippen molar-refractivity contribution in [3.63, 3.8) is 0 Å². The average molecular weight is 511 g/mol. The minimum atomic E-state index is -4.53. The standard InChI is InChI=1S/C26H21F3N4O2S/c27-26(28,29)15-5-3-6-16(13-15)35-24-21(17-7-1-2-8-18(17)32-33-24)23(34)30-19-9-4-10-20-22(19)31-25(36-20)14-11-12-14/h1-3,5-8,13-14,19H,4,9-12H2,(H,30,34). The Bertz CT molecular complexity index is 1470. The Kier molecular flexibility index (Phi) is 5.63. The molecule has 2 aromatic carbocycles. The zero-order valence-corrected chi connectivity index (χ0v) is 19.8. The molecular weight excluding hydrogens is 489 g/mol. The SMILES string of the molecule is O=C(NC1CCCc2sc(C3CC3)nc21)c1c(Oc2cccc(C(F)(F)F)c2)nnc2ccccc12. The van der Waals surface area contributed by atoms with Crippen LogP contribution in [0.3, 0.4) is 0 Å². The normalized spacial score (nSPS) is 17.6. The Morgan fingerprint density at radius 3 is 2.69 bits per heavy atom. The van der Waals surface area contributed by atoms with Crippen molar-refractivity contribution < 1.29 is 22.7 Å². The van der Waals surface area contributed by atoms with E-state index in [9.17, 15) is 18.0 Å². The van der Waals surface area contributed by atoms with E-state index >= 15 is 0 Å². The molecule has 6 rings (SSSR count). The van der Waals surface area contributed by atoms with Crippen molar-refractivity contribution in [3.8, 4) is 11.6 Å². The van der Waals surface area contributed by atoms with E-state index in [4.69, 9.17) is 9.72 Å². The third-order valence-electron chi connectivity index (χ3n) is 6.44. The Labute approximate surface area is 208 Å². The van der Waals surface area contributed by atoms with E-state index in [-0.39, 0.29) is 23.2 Å². The fraction of sp³-hybridized carbons (Fsp3) is 0.308. The smallest absolute Gasteiger partial charge is 0.416 e. The highest BCUT2D eigenvalue weighted by molar-refractivity contribution is 7.11. The monoisotopic (exact) mass is 510 g/mol. The topological polar surface area (TPSA) is 77.0 Å². The molecule has 1 saturated carbocycles. The van der Waals surface area contributed by atoms with Gasteiger partial charge in [0.25, 0.3) is 11.8 Å². The number of aromatic nitrogens is 3. The van der Waals surface area contributed by atoms with Gasteiger partial charge in [-0.25, -0.2) is 4.98 Å². The van der Waals surface area contributed by atoms with E-state index in [0.717, 1.165) is 54.9 Å². The number of nitrogens with one attached hydrogen (secondary N) is 1. The summed E-state index contributed by atoms with van der Waals surface area (Å²) in [5.41, 5.74) is 0.675. The summed E-state index contributed by atoms with van der Waals surface area (Å²) in [6.07, 6.45) is 0.443. The highest BCUT2D eigenvalue weighted by atomic mass is 32.1. The summed E-state index contributed by atoms with van der Waals surface area (Å²) >= 11 is 1.74. The second-order valence-corrected chi connectivity index (χ2v) is 10.2. The third kappa shape index (κ3) is 4.41. The number of alkyl halides is 3. The molecular formula is C26H21F3N4O2S. The predicted molar refractivity (Wildman–Crippen MR) is 128 cm³/mol. The van der Waals surface area contributed by atoms with E-state index in [1.54, 1.807) is 35.6 Å². The van der Waals surface area contributed by atoms with E-state index < -0.39 is 17.6 Å². The molecule has 0 spiro atoms. The van der Waals surface area contributed by atoms with Gasteiger partial charge in [0.2, 0.25) is 0 Å². The number of fused-ring (bicyclic) bond motifs is 2. The average Bonchev–Trinajstić information content (AvgIpc) is 3.62. The number of carbonyl (C=O) groups excluding carboxylic acids is 1. The summed E-state index contributed by atoms with van der Waals surface area (Å²) in [5, 5.41) is 12.9. The number of hydrogen-bond donors (Lipinski definition) is 1. The summed E-state index contributed by atoms with van der Waals surface area (Å²) in [5.74, 6) is -0.129. The number of rotatable bonds is 5. The van der Waals surface area contributed by atoms with Crippen LogP contribution in [0.5, 0.6) is 11.6 Å². The lowest BCUT2D eigenvalue weighted by atomic mass is 9.97. The van der Waals surface area contributed by atoms with Gasteiger partial charge in [-0.05, 0) is 56.4 Å². The van der Waals surface area contributed by atoms with Crippen molar-refractivity contribution in [3.05, 3.63) is 75.2 Å². The van der Waals surface area contributed by atoms with Crippen molar-refractivity contribution in [2.45, 2.75) is 50.2 Å². The minimum absolute atomic E-state index is 0.0861. The van der Waals surface area contributed by atoms with Crippen LogP contribution in [0.15, 0.2) is 48.5 Å². The first-order chi connectivity index (χ1) is 17.4. The van der Waals surface area contributed by atoms with Crippen LogP contribution in [0.2, 0.25) is 0 Å². The number of amides is 1. The molecule has 2 aliphatic rings. The maximum absolute atomic E-state index is 13.7. The molecule has 0 saturated heterocycles. The number of benzene rings is 2. The molecule has 36 heavy (non-hydrogen) atoms. The number of ether oxygens (including phenoxy) is 1. The number of thiazole rings is 1. The summed E-state index contributed by atoms with van der Waals surface area (Å²) in [7, 11) is 0. The lowest BCUT2D eigenvalue weighted by molar-refractivity contribution is -0.137. The Hall–Kier alpha value is -3.53. The van der Waals surface area contributed by atoms with Crippen LogP contribution in [0.25, 0.3) is 10.9 Å². The Morgan fingerprint density at radius 1 is 1.06 bits per heavy atom. The predicted octanol–water partition coefficient (Wildman–Crippen LogP) is 6.58. The van der Waals surface area contributed by atoms with Crippen molar-refractivity contribution in [1.82, 2.24) is 20.5 Å². The van der Waals surface area contributed by atoms with Gasteiger partial charge < -0.3 is 10.1 Å². The molecule has 1 fully saturated rings. The van der Waals surface area contributed by atoms with Crippen molar-refractivity contribution in [2.24, 2.45) is 0 Å². The van der Waals surface area contributed by atoms with Gasteiger partial charge in [-0.3, -0.25) is 4.79 Å². The molecule has 1 atom stereocenters. The first-order valence-corrected chi connectivity index (χ1v) is 12.6. The van der Waals surface area contributed by atoms with Gasteiger partial charge in [-0.1, -0.05) is 24.3 Å². The van der Waals surface area contributed by atoms with Crippen molar-refractivity contribution in [1.29, 1.82) is 0 Å². The highest BCUT2D eigenvalue weighted by Gasteiger charge is 2.34. The maximum Gasteiger partial charge on any atom is 0.416 e. The fourth-order valence-corrected chi connectivity index (χ4v) is 5.83. The first kappa shape index (κ1) is 22.9. The maximum atomic E-state index is 13.7. The van der Waals surface area contributed by atoms with Crippen LogP contribution < -0.4 is 10.1 Å². The number of hydrogen-bond acceptors (Lipinski definition) is 6. The molecule has 4 aromatic rings. The molecule has 10 heteroatoms. The van der Waals surface area contributed by atoms with Gasteiger partial charge in [0.1, 0.15) is 11.3 Å². The number of carbonyl (C=O) groups is 1. The molecule has 2 heterocycles. The van der Waals surface area contributed by atoms with Gasteiger partial charge in [-0.15, -0.1) is 21.5 Å². The molecule has 2 aliphatic carbocycles. The Morgan fingerprint density at radius 2 is 1.89 bits per heavy atom. The van der Waals surface area contributed by atoms with Gasteiger partial charge >= 0.3 is 6.18 Å². The van der Waals surface area contributed by atoms with Gasteiger partial charge in [-0.2, -0.15) is 13.2 Å². The summed E-state index contributed by atoms with van der Waals surface area (Å²) < 4.78 is 45.3. The molecule has 0 bridgehead atoms. The summed E-state index contributed by atoms with van der Waals surface area (Å²) in [4.78, 5) is 19.7. The largest absolute Gasteiger partial charge is 0.437 e. The molecule has 2 aromatic heterocycles. The van der Waals surface area contributed by atoms with Crippen LogP contribution >= 0.6 is 11.3 Å². The van der Waals surface area contributed by atoms with Crippen LogP contribution in [-0.4, -0.2) is 21.1 Å². The zero-order valence-electron chi connectivity index (χ0n) is 19.0. The second kappa shape index (κ2) is 8.85. The van der Waals surface area contributed by atoms with E-state index in [0.29, 0.717) is 16.8 Å². The Balaban J connectivity index is 1.35.